The fourth-order valence-electron chi connectivity index (χ4n) is 3.47. The van der Waals surface area contributed by atoms with E-state index in [-0.39, 0.29) is 30.7 Å². The molecule has 3 rings (SSSR count). The largest absolute Gasteiger partial charge is 0.507 e. The average Bonchev–Trinajstić information content (AvgIpc) is 2.93. The summed E-state index contributed by atoms with van der Waals surface area (Å²) >= 11 is 0. The van der Waals surface area contributed by atoms with Crippen LogP contribution in [0, 0.1) is 13.8 Å². The zero-order valence-corrected chi connectivity index (χ0v) is 16.4. The Morgan fingerprint density at radius 1 is 0.931 bits per heavy atom. The lowest BCUT2D eigenvalue weighted by molar-refractivity contribution is -0.140. The molecule has 2 aromatic rings. The maximum atomic E-state index is 12.8. The molecule has 2 aromatic carbocycles. The molecule has 1 aliphatic heterocycles. The summed E-state index contributed by atoms with van der Waals surface area (Å²) in [5, 5.41) is 19.8. The van der Waals surface area contributed by atoms with Crippen molar-refractivity contribution in [3.8, 4) is 0 Å². The van der Waals surface area contributed by atoms with Crippen molar-refractivity contribution >= 4 is 23.4 Å². The second-order valence-corrected chi connectivity index (χ2v) is 7.27. The van der Waals surface area contributed by atoms with Gasteiger partial charge in [-0.3, -0.25) is 14.4 Å². The fraction of sp³-hybridized carbons (Fsp3) is 0.261. The van der Waals surface area contributed by atoms with Gasteiger partial charge in [0.2, 0.25) is 0 Å². The Bertz CT molecular complexity index is 973. The molecule has 1 amide bonds. The summed E-state index contributed by atoms with van der Waals surface area (Å²) in [5.41, 5.74) is 3.20. The van der Waals surface area contributed by atoms with Gasteiger partial charge >= 0.3 is 5.97 Å². The number of aliphatic carboxylic acids is 1. The quantitative estimate of drug-likeness (QED) is 0.444. The minimum atomic E-state index is -0.965. The fourth-order valence-corrected chi connectivity index (χ4v) is 3.47. The number of aryl methyl sites for hydroxylation is 2. The molecule has 1 heterocycles. The van der Waals surface area contributed by atoms with E-state index in [1.807, 2.05) is 50.2 Å². The number of carbonyl (C=O) groups excluding carboxylic acids is 2. The van der Waals surface area contributed by atoms with Crippen LogP contribution in [0.1, 0.15) is 41.1 Å². The minimum Gasteiger partial charge on any atom is -0.507 e. The monoisotopic (exact) mass is 393 g/mol. The number of likely N-dealkylation sites (tertiary alicyclic amines) is 1. The second kappa shape index (κ2) is 8.31. The predicted octanol–water partition coefficient (Wildman–Crippen LogP) is 3.59. The molecule has 6 heteroatoms. The Labute approximate surface area is 169 Å². The van der Waals surface area contributed by atoms with Crippen molar-refractivity contribution in [3.05, 3.63) is 76.4 Å². The van der Waals surface area contributed by atoms with Gasteiger partial charge < -0.3 is 15.1 Å². The number of rotatable bonds is 6. The lowest BCUT2D eigenvalue weighted by Gasteiger charge is -2.25. The Kier molecular flexibility index (Phi) is 5.82. The summed E-state index contributed by atoms with van der Waals surface area (Å²) in [4.78, 5) is 37.8. The van der Waals surface area contributed by atoms with E-state index in [4.69, 9.17) is 5.11 Å². The molecule has 1 aliphatic rings. The van der Waals surface area contributed by atoms with Crippen LogP contribution in [0.3, 0.4) is 0 Å². The van der Waals surface area contributed by atoms with Gasteiger partial charge in [0.05, 0.1) is 11.6 Å². The van der Waals surface area contributed by atoms with Crippen LogP contribution < -0.4 is 0 Å². The van der Waals surface area contributed by atoms with E-state index in [0.717, 1.165) is 11.1 Å². The number of Topliss-reactive ketones (excluding diaryl/α,β-unsaturated/α-hetero) is 1. The maximum Gasteiger partial charge on any atom is 0.303 e. The number of benzene rings is 2. The Hall–Kier alpha value is -3.41. The van der Waals surface area contributed by atoms with Crippen LogP contribution in [-0.2, 0) is 14.4 Å². The molecule has 0 saturated carbocycles. The number of nitrogens with zero attached hydrogens (tertiary/aromatic N) is 1. The van der Waals surface area contributed by atoms with Gasteiger partial charge in [-0.2, -0.15) is 0 Å². The SMILES string of the molecule is Cc1ccc(/C(O)=C2\C(=O)C(=O)N(CCCC(=O)O)[C@H]2c2ccc(C)cc2)cc1. The van der Waals surface area contributed by atoms with Crippen LogP contribution in [-0.4, -0.2) is 39.3 Å². The van der Waals surface area contributed by atoms with E-state index >= 15 is 0 Å². The summed E-state index contributed by atoms with van der Waals surface area (Å²) in [6, 6.07) is 13.7. The van der Waals surface area contributed by atoms with Crippen LogP contribution in [0.15, 0.2) is 54.1 Å². The van der Waals surface area contributed by atoms with Crippen molar-refractivity contribution in [1.82, 2.24) is 4.90 Å². The van der Waals surface area contributed by atoms with Gasteiger partial charge in [0.1, 0.15) is 5.76 Å². The highest BCUT2D eigenvalue weighted by molar-refractivity contribution is 6.46. The molecule has 0 bridgehead atoms. The third-order valence-corrected chi connectivity index (χ3v) is 5.05. The van der Waals surface area contributed by atoms with Crippen molar-refractivity contribution in [2.45, 2.75) is 32.7 Å². The highest BCUT2D eigenvalue weighted by atomic mass is 16.4. The lowest BCUT2D eigenvalue weighted by Crippen LogP contribution is -2.31. The molecular formula is C23H23NO5. The molecule has 0 aromatic heterocycles. The maximum absolute atomic E-state index is 12.8. The number of amides is 1. The van der Waals surface area contributed by atoms with Gasteiger partial charge in [0, 0.05) is 18.5 Å². The Balaban J connectivity index is 2.08. The topological polar surface area (TPSA) is 94.9 Å². The number of hydrogen-bond donors (Lipinski definition) is 2. The molecule has 0 aliphatic carbocycles. The molecule has 1 fully saturated rings. The normalized spacial score (nSPS) is 18.3. The summed E-state index contributed by atoms with van der Waals surface area (Å²) in [6.07, 6.45) is 0.108. The van der Waals surface area contributed by atoms with Gasteiger partial charge in [0.15, 0.2) is 0 Å². The summed E-state index contributed by atoms with van der Waals surface area (Å²) in [6.45, 7) is 3.96. The number of aliphatic hydroxyl groups excluding tert-OH is 1. The van der Waals surface area contributed by atoms with E-state index in [0.29, 0.717) is 11.1 Å². The number of carbonyl (C=O) groups is 3. The first-order valence-corrected chi connectivity index (χ1v) is 9.43. The number of carboxylic acid groups (broad SMARTS) is 1. The Morgan fingerprint density at radius 3 is 2.03 bits per heavy atom. The molecule has 0 radical (unpaired) electrons. The van der Waals surface area contributed by atoms with E-state index in [1.54, 1.807) is 12.1 Å². The van der Waals surface area contributed by atoms with Crippen molar-refractivity contribution in [2.75, 3.05) is 6.54 Å². The van der Waals surface area contributed by atoms with Gasteiger partial charge in [-0.05, 0) is 25.8 Å². The van der Waals surface area contributed by atoms with E-state index in [2.05, 4.69) is 0 Å². The molecule has 0 spiro atoms. The van der Waals surface area contributed by atoms with Gasteiger partial charge in [-0.1, -0.05) is 59.7 Å². The van der Waals surface area contributed by atoms with Gasteiger partial charge in [0.25, 0.3) is 11.7 Å². The summed E-state index contributed by atoms with van der Waals surface area (Å²) < 4.78 is 0. The van der Waals surface area contributed by atoms with Crippen molar-refractivity contribution < 1.29 is 24.6 Å². The molecule has 150 valence electrons. The first-order chi connectivity index (χ1) is 13.8. The minimum absolute atomic E-state index is 0.0260. The molecule has 1 saturated heterocycles. The zero-order chi connectivity index (χ0) is 21.1. The predicted molar refractivity (Wildman–Crippen MR) is 108 cm³/mol. The average molecular weight is 393 g/mol. The number of aliphatic hydroxyl groups is 1. The van der Waals surface area contributed by atoms with Crippen LogP contribution >= 0.6 is 0 Å². The van der Waals surface area contributed by atoms with Crippen LogP contribution in [0.4, 0.5) is 0 Å². The Morgan fingerprint density at radius 2 is 1.48 bits per heavy atom. The smallest absolute Gasteiger partial charge is 0.303 e. The number of ketones is 1. The van der Waals surface area contributed by atoms with E-state index < -0.39 is 23.7 Å². The highest BCUT2D eigenvalue weighted by Gasteiger charge is 2.45. The standard InChI is InChI=1S/C23H23NO5/c1-14-5-9-16(10-6-14)20-19(21(27)17-11-7-15(2)8-12-17)22(28)23(29)24(20)13-3-4-18(25)26/h5-12,20,27H,3-4,13H2,1-2H3,(H,25,26)/b21-19+/t20-/m0/s1. The van der Waals surface area contributed by atoms with Crippen LogP contribution in [0.25, 0.3) is 5.76 Å². The first-order valence-electron chi connectivity index (χ1n) is 9.43. The lowest BCUT2D eigenvalue weighted by atomic mass is 9.94. The highest BCUT2D eigenvalue weighted by Crippen LogP contribution is 2.39. The van der Waals surface area contributed by atoms with Gasteiger partial charge in [-0.15, -0.1) is 0 Å². The molecule has 0 unspecified atom stereocenters. The van der Waals surface area contributed by atoms with Crippen molar-refractivity contribution in [1.29, 1.82) is 0 Å². The first kappa shape index (κ1) is 20.3. The van der Waals surface area contributed by atoms with Crippen LogP contribution in [0.2, 0.25) is 0 Å². The van der Waals surface area contributed by atoms with Crippen LogP contribution in [0.5, 0.6) is 0 Å². The zero-order valence-electron chi connectivity index (χ0n) is 16.4. The number of carboxylic acids is 1. The summed E-state index contributed by atoms with van der Waals surface area (Å²) in [7, 11) is 0. The number of hydrogen-bond acceptors (Lipinski definition) is 4. The molecule has 6 nitrogen and oxygen atoms in total. The molecule has 2 N–H and O–H groups in total. The third-order valence-electron chi connectivity index (χ3n) is 5.05. The van der Waals surface area contributed by atoms with Gasteiger partial charge in [-0.25, -0.2) is 0 Å². The second-order valence-electron chi connectivity index (χ2n) is 7.27. The molecule has 29 heavy (non-hydrogen) atoms. The summed E-state index contributed by atoms with van der Waals surface area (Å²) in [5.74, 6) is -2.68. The van der Waals surface area contributed by atoms with Crippen molar-refractivity contribution in [3.63, 3.8) is 0 Å². The third kappa shape index (κ3) is 4.21. The molecule has 1 atom stereocenters. The van der Waals surface area contributed by atoms with Crippen molar-refractivity contribution in [2.24, 2.45) is 0 Å². The molecular weight excluding hydrogens is 370 g/mol. The van der Waals surface area contributed by atoms with E-state index in [9.17, 15) is 19.5 Å². The van der Waals surface area contributed by atoms with E-state index in [1.165, 1.54) is 4.90 Å².